The molecule has 0 amide bonds. The van der Waals surface area contributed by atoms with E-state index in [1.807, 2.05) is 0 Å². The Morgan fingerprint density at radius 1 is 1.47 bits per heavy atom. The van der Waals surface area contributed by atoms with Gasteiger partial charge in [-0.1, -0.05) is 6.42 Å². The molecule has 1 fully saturated rings. The molecule has 1 aromatic heterocycles. The van der Waals surface area contributed by atoms with Crippen LogP contribution in [0.25, 0.3) is 0 Å². The van der Waals surface area contributed by atoms with Gasteiger partial charge in [-0.05, 0) is 12.8 Å². The summed E-state index contributed by atoms with van der Waals surface area (Å²) in [6, 6.07) is 0. The first-order valence-corrected chi connectivity index (χ1v) is 7.09. The summed E-state index contributed by atoms with van der Waals surface area (Å²) in [7, 11) is -3.65. The van der Waals surface area contributed by atoms with E-state index < -0.39 is 15.8 Å². The number of carboxylic acids is 1. The molecule has 0 radical (unpaired) electrons. The van der Waals surface area contributed by atoms with Gasteiger partial charge in [0.25, 0.3) is 0 Å². The molecule has 0 aliphatic heterocycles. The first kappa shape index (κ1) is 12.0. The molecule has 1 saturated carbocycles. The van der Waals surface area contributed by atoms with E-state index in [9.17, 15) is 13.2 Å². The summed E-state index contributed by atoms with van der Waals surface area (Å²) in [4.78, 5) is 18.7. The van der Waals surface area contributed by atoms with Crippen molar-refractivity contribution < 1.29 is 18.3 Å². The number of hydrogen-bond donors (Lipinski definition) is 1. The molecule has 0 unspecified atom stereocenters. The lowest BCUT2D eigenvalue weighted by Gasteiger charge is -2.23. The Hall–Kier alpha value is -1.50. The average molecular weight is 256 g/mol. The first-order valence-electron chi connectivity index (χ1n) is 5.20. The van der Waals surface area contributed by atoms with Gasteiger partial charge in [0.2, 0.25) is 0 Å². The molecule has 2 rings (SSSR count). The van der Waals surface area contributed by atoms with Crippen molar-refractivity contribution in [2.45, 2.75) is 30.2 Å². The lowest BCUT2D eigenvalue weighted by molar-refractivity contribution is 0.0691. The van der Waals surface area contributed by atoms with Gasteiger partial charge in [-0.25, -0.2) is 23.2 Å². The number of carboxylic acid groups (broad SMARTS) is 1. The lowest BCUT2D eigenvalue weighted by atomic mass is 9.85. The van der Waals surface area contributed by atoms with Crippen molar-refractivity contribution in [3.63, 3.8) is 0 Å². The number of carbonyl (C=O) groups is 1. The summed E-state index contributed by atoms with van der Waals surface area (Å²) in [5, 5.41) is 8.50. The van der Waals surface area contributed by atoms with Crippen LogP contribution < -0.4 is 0 Å². The van der Waals surface area contributed by atoms with Gasteiger partial charge < -0.3 is 5.11 Å². The van der Waals surface area contributed by atoms with Gasteiger partial charge in [-0.3, -0.25) is 0 Å². The molecular formula is C10H12N2O4S. The summed E-state index contributed by atoms with van der Waals surface area (Å²) in [5.74, 6) is -0.731. The maximum Gasteiger partial charge on any atom is 0.340 e. The van der Waals surface area contributed by atoms with Crippen molar-refractivity contribution in [3.05, 3.63) is 17.6 Å². The largest absolute Gasteiger partial charge is 0.478 e. The second kappa shape index (κ2) is 4.06. The highest BCUT2D eigenvalue weighted by Gasteiger charge is 2.27. The van der Waals surface area contributed by atoms with E-state index in [1.165, 1.54) is 0 Å². The van der Waals surface area contributed by atoms with Crippen LogP contribution in [0.3, 0.4) is 0 Å². The van der Waals surface area contributed by atoms with Crippen LogP contribution in [-0.4, -0.2) is 35.7 Å². The van der Waals surface area contributed by atoms with Crippen LogP contribution in [0.1, 0.15) is 41.4 Å². The minimum atomic E-state index is -3.65. The van der Waals surface area contributed by atoms with E-state index >= 15 is 0 Å². The number of aromatic nitrogens is 2. The van der Waals surface area contributed by atoms with E-state index in [0.29, 0.717) is 5.82 Å². The average Bonchev–Trinajstić information content (AvgIpc) is 2.13. The Morgan fingerprint density at radius 3 is 2.53 bits per heavy atom. The highest BCUT2D eigenvalue weighted by atomic mass is 32.2. The summed E-state index contributed by atoms with van der Waals surface area (Å²) < 4.78 is 23.0. The van der Waals surface area contributed by atoms with Gasteiger partial charge >= 0.3 is 5.97 Å². The monoisotopic (exact) mass is 256 g/mol. The van der Waals surface area contributed by atoms with Crippen molar-refractivity contribution in [2.75, 3.05) is 6.26 Å². The molecule has 1 heterocycles. The fourth-order valence-corrected chi connectivity index (χ4v) is 2.47. The molecule has 1 aliphatic rings. The molecule has 6 nitrogen and oxygen atoms in total. The van der Waals surface area contributed by atoms with Crippen LogP contribution in [0, 0.1) is 0 Å². The Kier molecular flexibility index (Phi) is 2.86. The SMILES string of the molecule is CS(=O)(=O)c1nc(C2CCC2)ncc1C(=O)O. The molecule has 7 heteroatoms. The van der Waals surface area contributed by atoms with Crippen molar-refractivity contribution in [1.82, 2.24) is 9.97 Å². The van der Waals surface area contributed by atoms with E-state index in [1.54, 1.807) is 0 Å². The molecule has 0 aromatic carbocycles. The van der Waals surface area contributed by atoms with E-state index in [2.05, 4.69) is 9.97 Å². The maximum absolute atomic E-state index is 11.5. The van der Waals surface area contributed by atoms with Gasteiger partial charge in [-0.2, -0.15) is 0 Å². The summed E-state index contributed by atoms with van der Waals surface area (Å²) in [5.41, 5.74) is -0.365. The summed E-state index contributed by atoms with van der Waals surface area (Å²) in [6.45, 7) is 0. The molecule has 17 heavy (non-hydrogen) atoms. The van der Waals surface area contributed by atoms with Crippen molar-refractivity contribution >= 4 is 15.8 Å². The van der Waals surface area contributed by atoms with Gasteiger partial charge in [0.15, 0.2) is 14.9 Å². The van der Waals surface area contributed by atoms with E-state index in [0.717, 1.165) is 31.7 Å². The summed E-state index contributed by atoms with van der Waals surface area (Å²) in [6.07, 6.45) is 4.96. The highest BCUT2D eigenvalue weighted by molar-refractivity contribution is 7.90. The number of sulfone groups is 1. The van der Waals surface area contributed by atoms with Crippen molar-refractivity contribution in [2.24, 2.45) is 0 Å². The molecule has 92 valence electrons. The zero-order valence-electron chi connectivity index (χ0n) is 9.25. The standard InChI is InChI=1S/C10H12N2O4S/c1-17(15,16)9-7(10(13)14)5-11-8(12-9)6-3-2-4-6/h5-6H,2-4H2,1H3,(H,13,14). The second-order valence-electron chi connectivity index (χ2n) is 4.15. The third-order valence-electron chi connectivity index (χ3n) is 2.82. The Labute approximate surface area is 98.6 Å². The quantitative estimate of drug-likeness (QED) is 0.805. The van der Waals surface area contributed by atoms with Crippen LogP contribution >= 0.6 is 0 Å². The van der Waals surface area contributed by atoms with E-state index in [4.69, 9.17) is 5.11 Å². The van der Waals surface area contributed by atoms with Gasteiger partial charge in [0, 0.05) is 18.4 Å². The fraction of sp³-hybridized carbons (Fsp3) is 0.500. The second-order valence-corrected chi connectivity index (χ2v) is 6.08. The van der Waals surface area contributed by atoms with Crippen LogP contribution in [0.5, 0.6) is 0 Å². The topological polar surface area (TPSA) is 97.2 Å². The Balaban J connectivity index is 2.54. The molecule has 0 spiro atoms. The zero-order valence-corrected chi connectivity index (χ0v) is 10.1. The van der Waals surface area contributed by atoms with Gasteiger partial charge in [-0.15, -0.1) is 0 Å². The lowest BCUT2D eigenvalue weighted by Crippen LogP contribution is -2.18. The fourth-order valence-electron chi connectivity index (χ4n) is 1.67. The third kappa shape index (κ3) is 2.28. The predicted octanol–water partition coefficient (Wildman–Crippen LogP) is 0.846. The predicted molar refractivity (Wildman–Crippen MR) is 58.7 cm³/mol. The number of nitrogens with zero attached hydrogens (tertiary/aromatic N) is 2. The maximum atomic E-state index is 11.5. The third-order valence-corrected chi connectivity index (χ3v) is 3.84. The molecule has 1 N–H and O–H groups in total. The van der Waals surface area contributed by atoms with Gasteiger partial charge in [0.1, 0.15) is 11.4 Å². The van der Waals surface area contributed by atoms with Crippen LogP contribution in [0.2, 0.25) is 0 Å². The molecular weight excluding hydrogens is 244 g/mol. The first-order chi connectivity index (χ1) is 7.89. The van der Waals surface area contributed by atoms with Gasteiger partial charge in [0.05, 0.1) is 0 Å². The zero-order chi connectivity index (χ0) is 12.6. The molecule has 1 aromatic rings. The molecule has 0 bridgehead atoms. The Bertz CT molecular complexity index is 564. The minimum Gasteiger partial charge on any atom is -0.478 e. The van der Waals surface area contributed by atoms with Crippen LogP contribution in [0.4, 0.5) is 0 Å². The van der Waals surface area contributed by atoms with E-state index in [-0.39, 0.29) is 16.5 Å². The Morgan fingerprint density at radius 2 is 2.12 bits per heavy atom. The molecule has 0 saturated heterocycles. The number of hydrogen-bond acceptors (Lipinski definition) is 5. The molecule has 1 aliphatic carbocycles. The summed E-state index contributed by atoms with van der Waals surface area (Å²) >= 11 is 0. The smallest absolute Gasteiger partial charge is 0.340 e. The number of aromatic carboxylic acids is 1. The van der Waals surface area contributed by atoms with Crippen LogP contribution in [-0.2, 0) is 9.84 Å². The highest BCUT2D eigenvalue weighted by Crippen LogP contribution is 2.34. The normalized spacial score (nSPS) is 16.5. The minimum absolute atomic E-state index is 0.165. The number of rotatable bonds is 3. The molecule has 0 atom stereocenters. The van der Waals surface area contributed by atoms with Crippen molar-refractivity contribution in [1.29, 1.82) is 0 Å². The van der Waals surface area contributed by atoms with Crippen LogP contribution in [0.15, 0.2) is 11.2 Å². The van der Waals surface area contributed by atoms with Crippen molar-refractivity contribution in [3.8, 4) is 0 Å².